The number of amides is 1. The van der Waals surface area contributed by atoms with Crippen LogP contribution in [0.3, 0.4) is 0 Å². The number of nitrogen functional groups attached to an aromatic ring is 1. The highest BCUT2D eigenvalue weighted by Gasteiger charge is 2.16. The third kappa shape index (κ3) is 3.76. The Balaban J connectivity index is 2.20. The number of rotatable bonds is 5. The zero-order valence-corrected chi connectivity index (χ0v) is 12.9. The van der Waals surface area contributed by atoms with Gasteiger partial charge in [0.2, 0.25) is 5.95 Å². The molecule has 7 heteroatoms. The fourth-order valence-electron chi connectivity index (χ4n) is 1.92. The predicted octanol–water partition coefficient (Wildman–Crippen LogP) is 1.23. The minimum absolute atomic E-state index is 0.0392. The number of ether oxygens (including phenoxy) is 1. The van der Waals surface area contributed by atoms with Crippen LogP contribution in [0.15, 0.2) is 30.6 Å². The lowest BCUT2D eigenvalue weighted by atomic mass is 10.2. The van der Waals surface area contributed by atoms with Crippen LogP contribution in [0, 0.1) is 0 Å². The van der Waals surface area contributed by atoms with Gasteiger partial charge in [-0.1, -0.05) is 6.07 Å². The highest BCUT2D eigenvalue weighted by molar-refractivity contribution is 5.92. The number of methoxy groups -OCH3 is 1. The van der Waals surface area contributed by atoms with Gasteiger partial charge in [0, 0.05) is 38.7 Å². The summed E-state index contributed by atoms with van der Waals surface area (Å²) in [5, 5.41) is 0. The number of carbonyl (C=O) groups excluding carboxylic acids is 1. The van der Waals surface area contributed by atoms with Gasteiger partial charge < -0.3 is 15.4 Å². The largest absolute Gasteiger partial charge is 0.380 e. The topological polar surface area (TPSA) is 94.2 Å². The first-order chi connectivity index (χ1) is 10.5. The summed E-state index contributed by atoms with van der Waals surface area (Å²) in [4.78, 5) is 26.2. The Labute approximate surface area is 129 Å². The molecule has 2 aromatic heterocycles. The van der Waals surface area contributed by atoms with Crippen molar-refractivity contribution in [3.63, 3.8) is 0 Å². The number of hydrogen-bond acceptors (Lipinski definition) is 6. The Kier molecular flexibility index (Phi) is 5.00. The molecule has 0 bridgehead atoms. The maximum Gasteiger partial charge on any atom is 0.272 e. The van der Waals surface area contributed by atoms with Crippen molar-refractivity contribution in [1.29, 1.82) is 0 Å². The molecular weight excluding hydrogens is 282 g/mol. The van der Waals surface area contributed by atoms with Crippen molar-refractivity contribution < 1.29 is 9.53 Å². The Bertz CT molecular complexity index is 645. The van der Waals surface area contributed by atoms with Gasteiger partial charge in [-0.25, -0.2) is 15.0 Å². The number of carbonyl (C=O) groups is 1. The van der Waals surface area contributed by atoms with Crippen LogP contribution < -0.4 is 5.73 Å². The van der Waals surface area contributed by atoms with Crippen LogP contribution in [0.2, 0.25) is 0 Å². The van der Waals surface area contributed by atoms with Crippen LogP contribution >= 0.6 is 0 Å². The molecule has 0 aliphatic carbocycles. The van der Waals surface area contributed by atoms with E-state index in [1.54, 1.807) is 49.7 Å². The minimum Gasteiger partial charge on any atom is -0.380 e. The molecule has 0 aliphatic heterocycles. The average molecular weight is 301 g/mol. The van der Waals surface area contributed by atoms with E-state index in [9.17, 15) is 4.79 Å². The maximum atomic E-state index is 12.4. The van der Waals surface area contributed by atoms with Crippen molar-refractivity contribution in [1.82, 2.24) is 19.9 Å². The van der Waals surface area contributed by atoms with Crippen molar-refractivity contribution in [2.75, 3.05) is 26.4 Å². The van der Waals surface area contributed by atoms with Gasteiger partial charge in [0.15, 0.2) is 0 Å². The van der Waals surface area contributed by atoms with Gasteiger partial charge in [-0.05, 0) is 19.1 Å². The maximum absolute atomic E-state index is 12.4. The van der Waals surface area contributed by atoms with E-state index in [4.69, 9.17) is 10.5 Å². The van der Waals surface area contributed by atoms with Crippen LogP contribution in [0.4, 0.5) is 5.95 Å². The molecule has 0 aliphatic rings. The second-order valence-corrected chi connectivity index (χ2v) is 4.97. The van der Waals surface area contributed by atoms with Crippen molar-refractivity contribution in [2.45, 2.75) is 13.0 Å². The van der Waals surface area contributed by atoms with E-state index >= 15 is 0 Å². The second-order valence-electron chi connectivity index (χ2n) is 4.97. The van der Waals surface area contributed by atoms with E-state index in [0.717, 1.165) is 0 Å². The highest BCUT2D eigenvalue weighted by Crippen LogP contribution is 2.16. The molecule has 0 saturated heterocycles. The van der Waals surface area contributed by atoms with E-state index in [0.29, 0.717) is 23.5 Å². The van der Waals surface area contributed by atoms with Gasteiger partial charge in [-0.3, -0.25) is 4.79 Å². The highest BCUT2D eigenvalue weighted by atomic mass is 16.5. The standard InChI is InChI=1S/C15H19N5O2/c1-10(22-3)9-20(2)14(21)13-6-4-5-12(19-13)11-7-17-15(16)18-8-11/h4-8,10H,9H2,1-3H3,(H2,16,17,18)/t10-/m0/s1. The molecule has 7 nitrogen and oxygen atoms in total. The third-order valence-corrected chi connectivity index (χ3v) is 3.22. The monoisotopic (exact) mass is 301 g/mol. The molecule has 0 unspecified atom stereocenters. The van der Waals surface area contributed by atoms with Gasteiger partial charge >= 0.3 is 0 Å². The van der Waals surface area contributed by atoms with E-state index < -0.39 is 0 Å². The lowest BCUT2D eigenvalue weighted by Crippen LogP contribution is -2.34. The molecule has 2 aromatic rings. The normalized spacial score (nSPS) is 12.0. The van der Waals surface area contributed by atoms with Crippen LogP contribution in [0.25, 0.3) is 11.3 Å². The van der Waals surface area contributed by atoms with Crippen molar-refractivity contribution in [3.05, 3.63) is 36.3 Å². The van der Waals surface area contributed by atoms with Crippen LogP contribution in [-0.4, -0.2) is 52.6 Å². The summed E-state index contributed by atoms with van der Waals surface area (Å²) in [5.41, 5.74) is 7.16. The first-order valence-corrected chi connectivity index (χ1v) is 6.84. The number of nitrogens with two attached hydrogens (primary N) is 1. The smallest absolute Gasteiger partial charge is 0.272 e. The Morgan fingerprint density at radius 1 is 1.36 bits per heavy atom. The molecular formula is C15H19N5O2. The summed E-state index contributed by atoms with van der Waals surface area (Å²) in [6, 6.07) is 5.25. The predicted molar refractivity (Wildman–Crippen MR) is 83.1 cm³/mol. The average Bonchev–Trinajstić information content (AvgIpc) is 2.54. The second kappa shape index (κ2) is 6.95. The Morgan fingerprint density at radius 2 is 2.05 bits per heavy atom. The number of nitrogens with zero attached hydrogens (tertiary/aromatic N) is 4. The molecule has 116 valence electrons. The fourth-order valence-corrected chi connectivity index (χ4v) is 1.92. The fraction of sp³-hybridized carbons (Fsp3) is 0.333. The molecule has 0 fully saturated rings. The number of anilines is 1. The summed E-state index contributed by atoms with van der Waals surface area (Å²) >= 11 is 0. The lowest BCUT2D eigenvalue weighted by Gasteiger charge is -2.20. The lowest BCUT2D eigenvalue weighted by molar-refractivity contribution is 0.0595. The summed E-state index contributed by atoms with van der Waals surface area (Å²) in [6.45, 7) is 2.39. The Morgan fingerprint density at radius 3 is 2.68 bits per heavy atom. The number of likely N-dealkylation sites (N-methyl/N-ethyl adjacent to an activating group) is 1. The zero-order chi connectivity index (χ0) is 16.1. The van der Waals surface area contributed by atoms with Gasteiger partial charge in [-0.2, -0.15) is 0 Å². The molecule has 2 rings (SSSR count). The van der Waals surface area contributed by atoms with Crippen molar-refractivity contribution in [3.8, 4) is 11.3 Å². The molecule has 0 aromatic carbocycles. The van der Waals surface area contributed by atoms with Crippen molar-refractivity contribution >= 4 is 11.9 Å². The summed E-state index contributed by atoms with van der Waals surface area (Å²) in [5.74, 6) is 0.0337. The van der Waals surface area contributed by atoms with Gasteiger partial charge in [0.25, 0.3) is 5.91 Å². The van der Waals surface area contributed by atoms with E-state index in [1.165, 1.54) is 0 Å². The molecule has 1 atom stereocenters. The molecule has 0 spiro atoms. The Hall–Kier alpha value is -2.54. The molecule has 22 heavy (non-hydrogen) atoms. The van der Waals surface area contributed by atoms with Gasteiger partial charge in [0.05, 0.1) is 11.8 Å². The quantitative estimate of drug-likeness (QED) is 0.892. The number of aromatic nitrogens is 3. The molecule has 0 radical (unpaired) electrons. The number of hydrogen-bond donors (Lipinski definition) is 1. The SMILES string of the molecule is CO[C@@H](C)CN(C)C(=O)c1cccc(-c2cnc(N)nc2)n1. The van der Waals surface area contributed by atoms with Crippen LogP contribution in [0.5, 0.6) is 0 Å². The van der Waals surface area contributed by atoms with E-state index in [2.05, 4.69) is 15.0 Å². The summed E-state index contributed by atoms with van der Waals surface area (Å²) < 4.78 is 5.17. The minimum atomic E-state index is -0.165. The molecule has 1 amide bonds. The molecule has 0 saturated carbocycles. The van der Waals surface area contributed by atoms with Crippen LogP contribution in [0.1, 0.15) is 17.4 Å². The molecule has 2 N–H and O–H groups in total. The van der Waals surface area contributed by atoms with E-state index in [-0.39, 0.29) is 18.0 Å². The van der Waals surface area contributed by atoms with Crippen LogP contribution in [-0.2, 0) is 4.74 Å². The zero-order valence-electron chi connectivity index (χ0n) is 12.9. The van der Waals surface area contributed by atoms with Crippen molar-refractivity contribution in [2.24, 2.45) is 0 Å². The van der Waals surface area contributed by atoms with E-state index in [1.807, 2.05) is 6.92 Å². The summed E-state index contributed by atoms with van der Waals surface area (Å²) in [7, 11) is 3.33. The first-order valence-electron chi connectivity index (χ1n) is 6.84. The molecule has 2 heterocycles. The third-order valence-electron chi connectivity index (χ3n) is 3.22. The first kappa shape index (κ1) is 15.8. The van der Waals surface area contributed by atoms with Gasteiger partial charge in [0.1, 0.15) is 5.69 Å². The van der Waals surface area contributed by atoms with Gasteiger partial charge in [-0.15, -0.1) is 0 Å². The summed E-state index contributed by atoms with van der Waals surface area (Å²) in [6.07, 6.45) is 3.12. The number of pyridine rings is 1.